The first kappa shape index (κ1) is 17.7. The number of amides is 1. The number of hydrogen-bond acceptors (Lipinski definition) is 6. The van der Waals surface area contributed by atoms with E-state index < -0.39 is 0 Å². The minimum absolute atomic E-state index is 0.214. The molecule has 136 valence electrons. The first-order chi connectivity index (χ1) is 12.5. The molecule has 0 saturated heterocycles. The van der Waals surface area contributed by atoms with Crippen LogP contribution in [0.4, 0.5) is 0 Å². The molecule has 2 aromatic heterocycles. The molecule has 26 heavy (non-hydrogen) atoms. The molecule has 7 nitrogen and oxygen atoms in total. The molecule has 0 aliphatic rings. The van der Waals surface area contributed by atoms with Crippen LogP contribution < -0.4 is 10.1 Å². The van der Waals surface area contributed by atoms with Crippen LogP contribution in [0.1, 0.15) is 44.7 Å². The zero-order valence-corrected chi connectivity index (χ0v) is 15.3. The van der Waals surface area contributed by atoms with Gasteiger partial charge in [0.2, 0.25) is 5.89 Å². The van der Waals surface area contributed by atoms with Crippen molar-refractivity contribution in [1.29, 1.82) is 0 Å². The van der Waals surface area contributed by atoms with Crippen molar-refractivity contribution in [2.45, 2.75) is 40.8 Å². The number of rotatable bonds is 6. The standard InChI is InChI=1S/C19H21N3O4/c1-11-13(3)25-18(21-11)9-20-19(23)15-7-5-6-8-17(15)24-10-16-12(2)22-26-14(16)4/h5-8H,9-10H2,1-4H3,(H,20,23). The molecule has 0 spiro atoms. The highest BCUT2D eigenvalue weighted by Crippen LogP contribution is 2.21. The zero-order valence-electron chi connectivity index (χ0n) is 15.3. The average Bonchev–Trinajstić information content (AvgIpc) is 3.12. The number of aryl methyl sites for hydroxylation is 4. The molecular formula is C19H21N3O4. The molecule has 0 fully saturated rings. The third-order valence-corrected chi connectivity index (χ3v) is 4.16. The van der Waals surface area contributed by atoms with Gasteiger partial charge in [-0.3, -0.25) is 4.79 Å². The molecule has 1 aromatic carbocycles. The van der Waals surface area contributed by atoms with Gasteiger partial charge in [-0.1, -0.05) is 17.3 Å². The van der Waals surface area contributed by atoms with E-state index in [9.17, 15) is 4.79 Å². The van der Waals surface area contributed by atoms with Gasteiger partial charge in [0.25, 0.3) is 5.91 Å². The lowest BCUT2D eigenvalue weighted by molar-refractivity contribution is 0.0942. The minimum atomic E-state index is -0.257. The Morgan fingerprint density at radius 2 is 1.88 bits per heavy atom. The minimum Gasteiger partial charge on any atom is -0.488 e. The highest BCUT2D eigenvalue weighted by Gasteiger charge is 2.15. The number of nitrogens with zero attached hydrogens (tertiary/aromatic N) is 2. The van der Waals surface area contributed by atoms with Gasteiger partial charge in [-0.15, -0.1) is 0 Å². The summed E-state index contributed by atoms with van der Waals surface area (Å²) in [6, 6.07) is 7.08. The van der Waals surface area contributed by atoms with Crippen LogP contribution in [0.5, 0.6) is 5.75 Å². The molecule has 0 unspecified atom stereocenters. The fourth-order valence-corrected chi connectivity index (χ4v) is 2.50. The maximum Gasteiger partial charge on any atom is 0.255 e. The molecule has 1 amide bonds. The number of oxazole rings is 1. The number of aromatic nitrogens is 2. The normalized spacial score (nSPS) is 10.8. The number of benzene rings is 1. The predicted molar refractivity (Wildman–Crippen MR) is 93.9 cm³/mol. The highest BCUT2D eigenvalue weighted by molar-refractivity contribution is 5.96. The van der Waals surface area contributed by atoms with Crippen LogP contribution in [0.3, 0.4) is 0 Å². The fraction of sp³-hybridized carbons (Fsp3) is 0.316. The van der Waals surface area contributed by atoms with Gasteiger partial charge in [0.15, 0.2) is 0 Å². The lowest BCUT2D eigenvalue weighted by Gasteiger charge is -2.11. The third-order valence-electron chi connectivity index (χ3n) is 4.16. The third kappa shape index (κ3) is 3.77. The summed E-state index contributed by atoms with van der Waals surface area (Å²) in [6.07, 6.45) is 0. The Balaban J connectivity index is 1.68. The highest BCUT2D eigenvalue weighted by atomic mass is 16.5. The Hall–Kier alpha value is -3.09. The molecule has 0 radical (unpaired) electrons. The Morgan fingerprint density at radius 3 is 2.54 bits per heavy atom. The smallest absolute Gasteiger partial charge is 0.255 e. The van der Waals surface area contributed by atoms with E-state index in [-0.39, 0.29) is 19.1 Å². The van der Waals surface area contributed by atoms with Crippen molar-refractivity contribution in [1.82, 2.24) is 15.5 Å². The van der Waals surface area contributed by atoms with Crippen LogP contribution in [0, 0.1) is 27.7 Å². The van der Waals surface area contributed by atoms with Gasteiger partial charge in [-0.05, 0) is 39.8 Å². The number of hydrogen-bond donors (Lipinski definition) is 1. The zero-order chi connectivity index (χ0) is 18.7. The summed E-state index contributed by atoms with van der Waals surface area (Å²) >= 11 is 0. The van der Waals surface area contributed by atoms with E-state index in [0.29, 0.717) is 23.0 Å². The summed E-state index contributed by atoms with van der Waals surface area (Å²) in [5.41, 5.74) is 2.92. The van der Waals surface area contributed by atoms with Crippen LogP contribution in [0.15, 0.2) is 33.2 Å². The lowest BCUT2D eigenvalue weighted by Crippen LogP contribution is -2.23. The molecule has 7 heteroatoms. The topological polar surface area (TPSA) is 90.4 Å². The molecule has 0 atom stereocenters. The van der Waals surface area contributed by atoms with Crippen molar-refractivity contribution < 1.29 is 18.5 Å². The van der Waals surface area contributed by atoms with E-state index >= 15 is 0 Å². The number of carbonyl (C=O) groups is 1. The van der Waals surface area contributed by atoms with E-state index in [2.05, 4.69) is 15.5 Å². The number of para-hydroxylation sites is 1. The summed E-state index contributed by atoms with van der Waals surface area (Å²) in [5.74, 6) is 2.16. The number of ether oxygens (including phenoxy) is 1. The maximum absolute atomic E-state index is 12.5. The van der Waals surface area contributed by atoms with Crippen LogP contribution >= 0.6 is 0 Å². The van der Waals surface area contributed by atoms with Crippen molar-refractivity contribution in [3.8, 4) is 5.75 Å². The molecule has 0 aliphatic heterocycles. The molecular weight excluding hydrogens is 334 g/mol. The van der Waals surface area contributed by atoms with Gasteiger partial charge in [-0.25, -0.2) is 4.98 Å². The van der Waals surface area contributed by atoms with Gasteiger partial charge >= 0.3 is 0 Å². The summed E-state index contributed by atoms with van der Waals surface area (Å²) in [4.78, 5) is 16.8. The fourth-order valence-electron chi connectivity index (χ4n) is 2.50. The molecule has 1 N–H and O–H groups in total. The molecule has 0 aliphatic carbocycles. The van der Waals surface area contributed by atoms with Crippen molar-refractivity contribution >= 4 is 5.91 Å². The molecule has 3 aromatic rings. The Kier molecular flexibility index (Phi) is 5.06. The first-order valence-corrected chi connectivity index (χ1v) is 8.30. The van der Waals surface area contributed by atoms with E-state index in [4.69, 9.17) is 13.7 Å². The maximum atomic E-state index is 12.5. The molecule has 2 heterocycles. The first-order valence-electron chi connectivity index (χ1n) is 8.30. The summed E-state index contributed by atoms with van der Waals surface area (Å²) in [5, 5.41) is 6.71. The van der Waals surface area contributed by atoms with E-state index in [1.807, 2.05) is 33.8 Å². The van der Waals surface area contributed by atoms with Crippen LogP contribution in [-0.4, -0.2) is 16.0 Å². The van der Waals surface area contributed by atoms with Gasteiger partial charge in [-0.2, -0.15) is 0 Å². The second-order valence-corrected chi connectivity index (χ2v) is 6.02. The van der Waals surface area contributed by atoms with Gasteiger partial charge in [0.1, 0.15) is 23.9 Å². The number of nitrogens with one attached hydrogen (secondary N) is 1. The van der Waals surface area contributed by atoms with Crippen LogP contribution in [-0.2, 0) is 13.2 Å². The van der Waals surface area contributed by atoms with E-state index in [1.54, 1.807) is 18.2 Å². The summed E-state index contributed by atoms with van der Waals surface area (Å²) < 4.78 is 16.5. The molecule has 3 rings (SSSR count). The van der Waals surface area contributed by atoms with Gasteiger partial charge < -0.3 is 19.0 Å². The molecule has 0 saturated carbocycles. The van der Waals surface area contributed by atoms with Crippen LogP contribution in [0.25, 0.3) is 0 Å². The predicted octanol–water partition coefficient (Wildman–Crippen LogP) is 3.41. The SMILES string of the molecule is Cc1nc(CNC(=O)c2ccccc2OCc2c(C)noc2C)oc1C. The van der Waals surface area contributed by atoms with Crippen molar-refractivity contribution in [2.75, 3.05) is 0 Å². The Bertz CT molecular complexity index is 888. The second-order valence-electron chi connectivity index (χ2n) is 6.02. The lowest BCUT2D eigenvalue weighted by atomic mass is 10.2. The summed E-state index contributed by atoms with van der Waals surface area (Å²) in [6.45, 7) is 7.88. The van der Waals surface area contributed by atoms with Crippen molar-refractivity contribution in [3.05, 3.63) is 64.2 Å². The van der Waals surface area contributed by atoms with Crippen molar-refractivity contribution in [2.24, 2.45) is 0 Å². The van der Waals surface area contributed by atoms with E-state index in [1.165, 1.54) is 0 Å². The second kappa shape index (κ2) is 7.43. The van der Waals surface area contributed by atoms with E-state index in [0.717, 1.165) is 22.7 Å². The average molecular weight is 355 g/mol. The Labute approximate surface area is 151 Å². The summed E-state index contributed by atoms with van der Waals surface area (Å²) in [7, 11) is 0. The number of carbonyl (C=O) groups excluding carboxylic acids is 1. The van der Waals surface area contributed by atoms with Crippen molar-refractivity contribution in [3.63, 3.8) is 0 Å². The monoisotopic (exact) mass is 355 g/mol. The Morgan fingerprint density at radius 1 is 1.12 bits per heavy atom. The quantitative estimate of drug-likeness (QED) is 0.729. The molecule has 0 bridgehead atoms. The van der Waals surface area contributed by atoms with Crippen LogP contribution in [0.2, 0.25) is 0 Å². The van der Waals surface area contributed by atoms with Gasteiger partial charge in [0.05, 0.1) is 29.1 Å². The van der Waals surface area contributed by atoms with Gasteiger partial charge in [0, 0.05) is 0 Å². The largest absolute Gasteiger partial charge is 0.488 e.